The molecule has 2 bridgehead atoms. The second-order valence-corrected chi connectivity index (χ2v) is 21.9. The molecule has 3 aromatic carbocycles. The number of fused-ring (bicyclic) bond motifs is 5. The zero-order valence-electron chi connectivity index (χ0n) is 42.6. The van der Waals surface area contributed by atoms with Crippen LogP contribution >= 0.6 is 0 Å². The molecule has 3 saturated carbocycles. The molecule has 13 unspecified atom stereocenters. The Morgan fingerprint density at radius 2 is 1.36 bits per heavy atom. The van der Waals surface area contributed by atoms with Gasteiger partial charge in [0.2, 0.25) is 6.41 Å². The second-order valence-electron chi connectivity index (χ2n) is 21.9. The largest absolute Gasteiger partial charge is 0.484 e. The summed E-state index contributed by atoms with van der Waals surface area (Å²) < 4.78 is 49.2. The first-order valence-corrected chi connectivity index (χ1v) is 24.9. The van der Waals surface area contributed by atoms with Crippen molar-refractivity contribution in [2.45, 2.75) is 172 Å². The van der Waals surface area contributed by atoms with Crippen molar-refractivity contribution in [3.05, 3.63) is 96.1 Å². The van der Waals surface area contributed by atoms with Gasteiger partial charge in [-0.25, -0.2) is 0 Å². The van der Waals surface area contributed by atoms with Gasteiger partial charge in [0, 0.05) is 41.1 Å². The van der Waals surface area contributed by atoms with Crippen molar-refractivity contribution in [3.8, 4) is 11.5 Å². The maximum absolute atomic E-state index is 14.0. The van der Waals surface area contributed by atoms with Crippen molar-refractivity contribution >= 4 is 0 Å². The van der Waals surface area contributed by atoms with Gasteiger partial charge >= 0.3 is 0 Å². The van der Waals surface area contributed by atoms with E-state index in [2.05, 4.69) is 5.32 Å². The van der Waals surface area contributed by atoms with Crippen LogP contribution in [0.4, 0.5) is 0 Å². The minimum atomic E-state index is -2.22. The van der Waals surface area contributed by atoms with Crippen LogP contribution in [0.25, 0.3) is 0 Å². The highest BCUT2D eigenvalue weighted by atomic mass is 16.7. The van der Waals surface area contributed by atoms with Crippen molar-refractivity contribution in [1.82, 2.24) is 5.32 Å². The van der Waals surface area contributed by atoms with E-state index >= 15 is 0 Å². The molecule has 3 aromatic rings. The second kappa shape index (κ2) is 22.6. The number of aliphatic hydroxyl groups is 11. The summed E-state index contributed by atoms with van der Waals surface area (Å²) in [5, 5.41) is 132. The van der Waals surface area contributed by atoms with E-state index < -0.39 is 145 Å². The van der Waals surface area contributed by atoms with Crippen LogP contribution in [-0.2, 0) is 28.4 Å². The van der Waals surface area contributed by atoms with Crippen LogP contribution in [0.2, 0.25) is 0 Å². The Labute approximate surface area is 425 Å². The third-order valence-electron chi connectivity index (χ3n) is 15.7. The summed E-state index contributed by atoms with van der Waals surface area (Å²) in [5.41, 5.74) is -7.12. The Morgan fingerprint density at radius 3 is 1.90 bits per heavy atom. The fourth-order valence-electron chi connectivity index (χ4n) is 12.1. The minimum Gasteiger partial charge on any atom is -0.484 e. The molecule has 73 heavy (non-hydrogen) atoms. The molecule has 408 valence electrons. The number of hydrogen-bond donors (Lipinski definition) is 12. The van der Waals surface area contributed by atoms with Crippen molar-refractivity contribution in [2.24, 2.45) is 28.6 Å². The van der Waals surface area contributed by atoms with Crippen molar-refractivity contribution in [2.75, 3.05) is 19.8 Å². The SMILES string of the molecule is CC(O)O[C@@]12COC1CC(O)C1(C)C(O)C(O)C3C(C)[C@@H](OC(O)[C@H](OC(O)COc4ccccc4OCC(O)O)[C@@H](NC(O)OC(C)(C)C)c4ccccc4)CC(O)([C@@H](OC(O)c4ccccc4)[C@@H]12)C3(C)C. The first kappa shape index (κ1) is 57.2. The maximum atomic E-state index is 14.0. The molecule has 19 atom stereocenters. The van der Waals surface area contributed by atoms with Crippen LogP contribution in [0, 0.1) is 28.6 Å². The van der Waals surface area contributed by atoms with Gasteiger partial charge in [0.15, 0.2) is 42.9 Å². The van der Waals surface area contributed by atoms with Crippen LogP contribution in [0.15, 0.2) is 84.9 Å². The summed E-state index contributed by atoms with van der Waals surface area (Å²) in [5.74, 6) is -3.04. The molecule has 20 nitrogen and oxygen atoms in total. The predicted molar refractivity (Wildman–Crippen MR) is 258 cm³/mol. The standard InChI is InChI=1S/C53H77NO19/c1-28-34(69-47(63)42(40(30-17-11-9-12-18-30)54-48(64)73-49(3,4)5)70-38(59)26-67-33-22-16-15-21-32(33)66-25-37(57)58)24-53(65)45(71-46(62)31-19-13-10-14-20-31)43-51(8,44(61)41(60)39(28)50(53,6)7)35(56)23-36-52(43,27-68-36)72-29(2)55/h9-22,28-29,34-48,54-65H,23-27H2,1-8H3/t28?,29?,34-,35?,36?,38?,39?,40-,41?,42+,43-,44?,45-,46?,47?,48?,51?,52-,53?/m0/s1. The molecule has 0 spiro atoms. The highest BCUT2D eigenvalue weighted by Gasteiger charge is 2.78. The number of hydrogen-bond acceptors (Lipinski definition) is 20. The van der Waals surface area contributed by atoms with Gasteiger partial charge in [-0.05, 0) is 51.3 Å². The van der Waals surface area contributed by atoms with E-state index in [1.165, 1.54) is 19.1 Å². The Bertz CT molecular complexity index is 2220. The van der Waals surface area contributed by atoms with E-state index in [1.54, 1.807) is 121 Å². The number of benzene rings is 3. The molecular formula is C53H77NO19. The van der Waals surface area contributed by atoms with Crippen molar-refractivity contribution in [3.63, 3.8) is 0 Å². The van der Waals surface area contributed by atoms with Crippen LogP contribution in [0.3, 0.4) is 0 Å². The predicted octanol–water partition coefficient (Wildman–Crippen LogP) is 1.69. The molecule has 1 saturated heterocycles. The van der Waals surface area contributed by atoms with Gasteiger partial charge in [0.05, 0.1) is 60.5 Å². The van der Waals surface area contributed by atoms with Crippen molar-refractivity contribution in [1.29, 1.82) is 0 Å². The molecule has 12 N–H and O–H groups in total. The molecule has 1 heterocycles. The maximum Gasteiger partial charge on any atom is 0.214 e. The molecule has 0 amide bonds. The molecule has 4 fully saturated rings. The van der Waals surface area contributed by atoms with Crippen LogP contribution in [-0.4, -0.2) is 167 Å². The van der Waals surface area contributed by atoms with Gasteiger partial charge in [0.25, 0.3) is 0 Å². The Kier molecular flexibility index (Phi) is 17.7. The average molecular weight is 1030 g/mol. The fourth-order valence-corrected chi connectivity index (χ4v) is 12.1. The highest BCUT2D eigenvalue weighted by Crippen LogP contribution is 2.66. The van der Waals surface area contributed by atoms with E-state index in [9.17, 15) is 56.2 Å². The van der Waals surface area contributed by atoms with Gasteiger partial charge in [-0.2, -0.15) is 0 Å². The molecule has 4 aliphatic rings. The minimum absolute atomic E-state index is 0.0735. The quantitative estimate of drug-likeness (QED) is 0.0676. The van der Waals surface area contributed by atoms with E-state index in [-0.39, 0.29) is 30.9 Å². The Hall–Kier alpha value is -3.46. The van der Waals surface area contributed by atoms with Gasteiger partial charge < -0.3 is 94.1 Å². The Balaban J connectivity index is 1.31. The lowest BCUT2D eigenvalue weighted by Crippen LogP contribution is -2.83. The highest BCUT2D eigenvalue weighted by molar-refractivity contribution is 5.39. The lowest BCUT2D eigenvalue weighted by atomic mass is 9.42. The summed E-state index contributed by atoms with van der Waals surface area (Å²) in [4.78, 5) is 0. The first-order valence-electron chi connectivity index (χ1n) is 24.9. The van der Waals surface area contributed by atoms with E-state index in [0.29, 0.717) is 11.1 Å². The molecule has 1 aliphatic heterocycles. The van der Waals surface area contributed by atoms with Crippen LogP contribution in [0.5, 0.6) is 11.5 Å². The molecule has 3 aliphatic carbocycles. The number of aliphatic hydroxyl groups excluding tert-OH is 9. The monoisotopic (exact) mass is 1030 g/mol. The zero-order valence-corrected chi connectivity index (χ0v) is 42.6. The normalized spacial score (nSPS) is 34.9. The number of nitrogens with one attached hydrogen (secondary N) is 1. The van der Waals surface area contributed by atoms with Gasteiger partial charge in [-0.3, -0.25) is 5.32 Å². The lowest BCUT2D eigenvalue weighted by molar-refractivity contribution is -0.417. The number of ether oxygens (including phenoxy) is 8. The molecular weight excluding hydrogens is 955 g/mol. The number of rotatable bonds is 21. The number of para-hydroxylation sites is 2. The summed E-state index contributed by atoms with van der Waals surface area (Å²) in [6.07, 6.45) is -21.3. The van der Waals surface area contributed by atoms with E-state index in [4.69, 9.17) is 37.9 Å². The summed E-state index contributed by atoms with van der Waals surface area (Å²) in [7, 11) is 0. The molecule has 0 aromatic heterocycles. The fraction of sp³-hybridized carbons (Fsp3) is 0.660. The van der Waals surface area contributed by atoms with Crippen LogP contribution in [0.1, 0.15) is 91.7 Å². The van der Waals surface area contributed by atoms with Gasteiger partial charge in [0.1, 0.15) is 24.9 Å². The molecule has 7 rings (SSSR count). The van der Waals surface area contributed by atoms with Gasteiger partial charge in [-0.15, -0.1) is 0 Å². The average Bonchev–Trinajstić information content (AvgIpc) is 3.32. The van der Waals surface area contributed by atoms with Gasteiger partial charge in [-0.1, -0.05) is 100 Å². The molecule has 20 heteroatoms. The zero-order chi connectivity index (χ0) is 53.4. The van der Waals surface area contributed by atoms with E-state index in [0.717, 1.165) is 0 Å². The van der Waals surface area contributed by atoms with Crippen molar-refractivity contribution < 1.29 is 94.1 Å². The Morgan fingerprint density at radius 1 is 0.781 bits per heavy atom. The summed E-state index contributed by atoms with van der Waals surface area (Å²) in [6.45, 7) is 12.0. The first-order chi connectivity index (χ1) is 34.2. The van der Waals surface area contributed by atoms with E-state index in [1.807, 2.05) is 0 Å². The smallest absolute Gasteiger partial charge is 0.214 e. The topological polar surface area (TPSA) is 308 Å². The van der Waals surface area contributed by atoms with Crippen LogP contribution < -0.4 is 14.8 Å². The third kappa shape index (κ3) is 11.6. The lowest BCUT2D eigenvalue weighted by Gasteiger charge is -2.71. The third-order valence-corrected chi connectivity index (χ3v) is 15.7. The summed E-state index contributed by atoms with van der Waals surface area (Å²) >= 11 is 0. The molecule has 0 radical (unpaired) electrons. The summed E-state index contributed by atoms with van der Waals surface area (Å²) in [6, 6.07) is 21.9.